The molecule has 0 saturated heterocycles. The number of hydrogen-bond acceptors (Lipinski definition) is 4. The third-order valence-electron chi connectivity index (χ3n) is 3.50. The molecule has 0 unspecified atom stereocenters. The van der Waals surface area contributed by atoms with E-state index in [0.717, 1.165) is 25.3 Å². The molecule has 4 nitrogen and oxygen atoms in total. The summed E-state index contributed by atoms with van der Waals surface area (Å²) in [5.74, 6) is -3.69. The van der Waals surface area contributed by atoms with Crippen molar-refractivity contribution in [1.82, 2.24) is 0 Å². The van der Waals surface area contributed by atoms with Gasteiger partial charge in [-0.3, -0.25) is 4.79 Å². The predicted octanol–water partition coefficient (Wildman–Crippen LogP) is 4.57. The molecule has 132 valence electrons. The molecule has 2 rings (SSSR count). The number of benzene rings is 2. The average Bonchev–Trinajstić information content (AvgIpc) is 2.62. The minimum Gasteiger partial charge on any atom is -0.490 e. The van der Waals surface area contributed by atoms with Crippen molar-refractivity contribution in [2.24, 2.45) is 0 Å². The molecule has 0 heterocycles. The highest BCUT2D eigenvalue weighted by atomic mass is 19.2. The molecule has 2 aromatic carbocycles. The molecule has 0 N–H and O–H groups in total. The Hall–Kier alpha value is -2.76. The number of carbonyl (C=O) groups excluding carboxylic acids is 2. The van der Waals surface area contributed by atoms with Gasteiger partial charge in [-0.05, 0) is 42.8 Å². The Morgan fingerprint density at radius 2 is 1.76 bits per heavy atom. The first-order valence-corrected chi connectivity index (χ1v) is 7.95. The summed E-state index contributed by atoms with van der Waals surface area (Å²) in [7, 11) is 0. The molecule has 0 spiro atoms. The Labute approximate surface area is 144 Å². The van der Waals surface area contributed by atoms with E-state index in [-0.39, 0.29) is 18.1 Å². The summed E-state index contributed by atoms with van der Waals surface area (Å²) in [6, 6.07) is 7.99. The fourth-order valence-corrected chi connectivity index (χ4v) is 2.11. The minimum atomic E-state index is -1.32. The number of hydrogen-bond donors (Lipinski definition) is 0. The van der Waals surface area contributed by atoms with Crippen LogP contribution >= 0.6 is 0 Å². The fourth-order valence-electron chi connectivity index (χ4n) is 2.11. The summed E-state index contributed by atoms with van der Waals surface area (Å²) in [4.78, 5) is 22.6. The highest BCUT2D eigenvalue weighted by molar-refractivity contribution is 5.91. The van der Waals surface area contributed by atoms with Gasteiger partial charge in [-0.25, -0.2) is 9.18 Å². The van der Waals surface area contributed by atoms with Gasteiger partial charge in [0.25, 0.3) is 0 Å². The smallest absolute Gasteiger partial charge is 0.346 e. The fraction of sp³-hybridized carbons (Fsp3) is 0.263. The SMILES string of the molecule is CCCCCOc1ccc(C(=O)Oc2ccc(C=O)cc2)c(F)c1F. The Balaban J connectivity index is 2.08. The van der Waals surface area contributed by atoms with Gasteiger partial charge in [0.05, 0.1) is 12.2 Å². The third kappa shape index (κ3) is 4.86. The molecule has 0 bridgehead atoms. The number of unbranched alkanes of at least 4 members (excludes halogenated alkanes) is 2. The van der Waals surface area contributed by atoms with Crippen LogP contribution in [0.2, 0.25) is 0 Å². The van der Waals surface area contributed by atoms with Crippen LogP contribution in [0.15, 0.2) is 36.4 Å². The molecule has 0 aliphatic rings. The standard InChI is InChI=1S/C19H18F2O4/c1-2-3-4-11-24-16-10-9-15(17(20)18(16)21)19(23)25-14-7-5-13(12-22)6-8-14/h5-10,12H,2-4,11H2,1H3. The maximum Gasteiger partial charge on any atom is 0.346 e. The zero-order valence-corrected chi connectivity index (χ0v) is 13.8. The van der Waals surface area contributed by atoms with Crippen LogP contribution in [0.25, 0.3) is 0 Å². The van der Waals surface area contributed by atoms with Gasteiger partial charge in [-0.15, -0.1) is 0 Å². The first-order valence-electron chi connectivity index (χ1n) is 7.95. The zero-order chi connectivity index (χ0) is 18.2. The van der Waals surface area contributed by atoms with Gasteiger partial charge in [0.1, 0.15) is 12.0 Å². The lowest BCUT2D eigenvalue weighted by molar-refractivity contribution is 0.0728. The van der Waals surface area contributed by atoms with Crippen molar-refractivity contribution in [2.75, 3.05) is 6.61 Å². The van der Waals surface area contributed by atoms with Crippen molar-refractivity contribution in [3.8, 4) is 11.5 Å². The van der Waals surface area contributed by atoms with Gasteiger partial charge in [0.15, 0.2) is 11.6 Å². The number of ether oxygens (including phenoxy) is 2. The van der Waals surface area contributed by atoms with Gasteiger partial charge in [-0.1, -0.05) is 19.8 Å². The van der Waals surface area contributed by atoms with Crippen LogP contribution in [0.1, 0.15) is 46.9 Å². The molecule has 2 aromatic rings. The summed E-state index contributed by atoms with van der Waals surface area (Å²) in [6.07, 6.45) is 3.29. The summed E-state index contributed by atoms with van der Waals surface area (Å²) >= 11 is 0. The first kappa shape index (κ1) is 18.6. The lowest BCUT2D eigenvalue weighted by Gasteiger charge is -2.10. The van der Waals surface area contributed by atoms with E-state index in [1.807, 2.05) is 6.92 Å². The predicted molar refractivity (Wildman–Crippen MR) is 88.2 cm³/mol. The topological polar surface area (TPSA) is 52.6 Å². The highest BCUT2D eigenvalue weighted by Gasteiger charge is 2.21. The van der Waals surface area contributed by atoms with E-state index < -0.39 is 23.2 Å². The summed E-state index contributed by atoms with van der Waals surface area (Å²) in [5.41, 5.74) is -0.125. The van der Waals surface area contributed by atoms with E-state index in [2.05, 4.69) is 0 Å². The van der Waals surface area contributed by atoms with Crippen molar-refractivity contribution in [3.05, 3.63) is 59.2 Å². The van der Waals surface area contributed by atoms with Crippen molar-refractivity contribution in [3.63, 3.8) is 0 Å². The Kier molecular flexibility index (Phi) is 6.62. The molecule has 6 heteroatoms. The molecule has 0 atom stereocenters. The number of aldehydes is 1. The van der Waals surface area contributed by atoms with E-state index in [9.17, 15) is 18.4 Å². The number of rotatable bonds is 8. The van der Waals surface area contributed by atoms with Crippen LogP contribution in [0, 0.1) is 11.6 Å². The minimum absolute atomic E-state index is 0.121. The molecule has 0 amide bonds. The van der Waals surface area contributed by atoms with Crippen molar-refractivity contribution >= 4 is 12.3 Å². The molecular formula is C19H18F2O4. The molecule has 25 heavy (non-hydrogen) atoms. The molecule has 0 aliphatic carbocycles. The Bertz CT molecular complexity index is 742. The third-order valence-corrected chi connectivity index (χ3v) is 3.50. The van der Waals surface area contributed by atoms with Crippen LogP contribution < -0.4 is 9.47 Å². The Morgan fingerprint density at radius 3 is 2.40 bits per heavy atom. The van der Waals surface area contributed by atoms with E-state index in [1.54, 1.807) is 0 Å². The second-order valence-corrected chi connectivity index (χ2v) is 5.37. The summed E-state index contributed by atoms with van der Waals surface area (Å²) in [6.45, 7) is 2.30. The van der Waals surface area contributed by atoms with Gasteiger partial charge in [-0.2, -0.15) is 4.39 Å². The second-order valence-electron chi connectivity index (χ2n) is 5.37. The van der Waals surface area contributed by atoms with Gasteiger partial charge < -0.3 is 9.47 Å². The van der Waals surface area contributed by atoms with Crippen LogP contribution in [0.3, 0.4) is 0 Å². The second kappa shape index (κ2) is 8.92. The summed E-state index contributed by atoms with van der Waals surface area (Å²) < 4.78 is 38.3. The van der Waals surface area contributed by atoms with Gasteiger partial charge >= 0.3 is 5.97 Å². The lowest BCUT2D eigenvalue weighted by atomic mass is 10.2. The number of carbonyl (C=O) groups is 2. The maximum absolute atomic E-state index is 14.1. The normalized spacial score (nSPS) is 10.4. The monoisotopic (exact) mass is 348 g/mol. The van der Waals surface area contributed by atoms with Crippen LogP contribution in [0.4, 0.5) is 8.78 Å². The lowest BCUT2D eigenvalue weighted by Crippen LogP contribution is -2.12. The van der Waals surface area contributed by atoms with Crippen LogP contribution in [-0.2, 0) is 0 Å². The van der Waals surface area contributed by atoms with Crippen LogP contribution in [-0.4, -0.2) is 18.9 Å². The molecular weight excluding hydrogens is 330 g/mol. The Morgan fingerprint density at radius 1 is 1.04 bits per heavy atom. The quantitative estimate of drug-likeness (QED) is 0.304. The number of esters is 1. The molecule has 0 saturated carbocycles. The van der Waals surface area contributed by atoms with Crippen LogP contribution in [0.5, 0.6) is 11.5 Å². The van der Waals surface area contributed by atoms with E-state index in [0.29, 0.717) is 11.8 Å². The van der Waals surface area contributed by atoms with Gasteiger partial charge in [0, 0.05) is 5.56 Å². The van der Waals surface area contributed by atoms with Gasteiger partial charge in [0.2, 0.25) is 5.82 Å². The molecule has 0 radical (unpaired) electrons. The van der Waals surface area contributed by atoms with Crippen molar-refractivity contribution in [1.29, 1.82) is 0 Å². The zero-order valence-electron chi connectivity index (χ0n) is 13.8. The molecule has 0 aromatic heterocycles. The van der Waals surface area contributed by atoms with E-state index in [4.69, 9.17) is 9.47 Å². The van der Waals surface area contributed by atoms with Crippen molar-refractivity contribution < 1.29 is 27.8 Å². The first-order chi connectivity index (χ1) is 12.1. The van der Waals surface area contributed by atoms with E-state index in [1.165, 1.54) is 30.3 Å². The van der Waals surface area contributed by atoms with E-state index >= 15 is 0 Å². The highest BCUT2D eigenvalue weighted by Crippen LogP contribution is 2.24. The molecule has 0 aliphatic heterocycles. The summed E-state index contributed by atoms with van der Waals surface area (Å²) in [5, 5.41) is 0. The molecule has 0 fully saturated rings. The van der Waals surface area contributed by atoms with Crippen molar-refractivity contribution in [2.45, 2.75) is 26.2 Å². The maximum atomic E-state index is 14.1. The average molecular weight is 348 g/mol. The number of halogens is 2. The largest absolute Gasteiger partial charge is 0.490 e.